The third-order valence-electron chi connectivity index (χ3n) is 7.09. The summed E-state index contributed by atoms with van der Waals surface area (Å²) in [7, 11) is 3.35. The van der Waals surface area contributed by atoms with Crippen molar-refractivity contribution in [2.75, 3.05) is 17.3 Å². The predicted molar refractivity (Wildman–Crippen MR) is 120 cm³/mol. The molecule has 0 aliphatic carbocycles. The standard InChI is InChI=1S/C22H27F3N8O/c1-12-4-5-15-17(7-6-14(12)27-15)32(3)18-8-9-33-20(29-18)13(10-26-33)21(34)28-16-11-31(2)30-19(16)22(23,24)25/h8-12,14-15,17,27H,4-7H2,1-3H3,(H,28,34). The zero-order chi connectivity index (χ0) is 24.2. The molecule has 2 saturated heterocycles. The Balaban J connectivity index is 1.40. The van der Waals surface area contributed by atoms with Gasteiger partial charge in [0.25, 0.3) is 5.91 Å². The Morgan fingerprint density at radius 2 is 2.00 bits per heavy atom. The average Bonchev–Trinajstić information content (AvgIpc) is 3.38. The lowest BCUT2D eigenvalue weighted by Crippen LogP contribution is -2.60. The summed E-state index contributed by atoms with van der Waals surface area (Å²) in [5, 5.41) is 13.7. The van der Waals surface area contributed by atoms with Gasteiger partial charge in [-0.25, -0.2) is 9.50 Å². The van der Waals surface area contributed by atoms with Crippen molar-refractivity contribution >= 4 is 23.1 Å². The zero-order valence-electron chi connectivity index (χ0n) is 19.2. The van der Waals surface area contributed by atoms with E-state index in [0.29, 0.717) is 23.8 Å². The van der Waals surface area contributed by atoms with Gasteiger partial charge in [0.05, 0.1) is 11.9 Å². The Morgan fingerprint density at radius 1 is 1.24 bits per heavy atom. The van der Waals surface area contributed by atoms with Gasteiger partial charge in [-0.05, 0) is 37.7 Å². The van der Waals surface area contributed by atoms with E-state index in [-0.39, 0.29) is 17.3 Å². The van der Waals surface area contributed by atoms with Crippen LogP contribution in [0.5, 0.6) is 0 Å². The lowest BCUT2D eigenvalue weighted by molar-refractivity contribution is -0.140. The Kier molecular flexibility index (Phi) is 5.50. The highest BCUT2D eigenvalue weighted by atomic mass is 19.4. The van der Waals surface area contributed by atoms with Crippen LogP contribution in [-0.2, 0) is 13.2 Å². The van der Waals surface area contributed by atoms with Gasteiger partial charge >= 0.3 is 6.18 Å². The number of anilines is 2. The molecule has 2 aliphatic rings. The molecule has 1 amide bonds. The van der Waals surface area contributed by atoms with E-state index >= 15 is 0 Å². The SMILES string of the molecule is CC1CCC2NC1CCC2N(C)c1ccn2ncc(C(=O)Nc3cn(C)nc3C(F)(F)F)c2n1. The number of aromatic nitrogens is 5. The molecule has 2 bridgehead atoms. The van der Waals surface area contributed by atoms with E-state index in [0.717, 1.165) is 30.1 Å². The molecule has 0 radical (unpaired) electrons. The first-order chi connectivity index (χ1) is 16.1. The molecule has 34 heavy (non-hydrogen) atoms. The maximum absolute atomic E-state index is 13.3. The van der Waals surface area contributed by atoms with E-state index in [1.807, 2.05) is 13.1 Å². The molecular weight excluding hydrogens is 449 g/mol. The highest BCUT2D eigenvalue weighted by Gasteiger charge is 2.39. The molecule has 2 fully saturated rings. The summed E-state index contributed by atoms with van der Waals surface area (Å²) >= 11 is 0. The highest BCUT2D eigenvalue weighted by molar-refractivity contribution is 6.08. The number of carbonyl (C=O) groups is 1. The van der Waals surface area contributed by atoms with Crippen molar-refractivity contribution in [1.82, 2.24) is 29.7 Å². The number of amides is 1. The molecular formula is C22H27F3N8O. The topological polar surface area (TPSA) is 92.4 Å². The summed E-state index contributed by atoms with van der Waals surface area (Å²) in [5.74, 6) is 0.634. The van der Waals surface area contributed by atoms with Gasteiger partial charge in [0.15, 0.2) is 11.3 Å². The largest absolute Gasteiger partial charge is 0.437 e. The van der Waals surface area contributed by atoms with Crippen LogP contribution in [0.4, 0.5) is 24.7 Å². The molecule has 4 unspecified atom stereocenters. The van der Waals surface area contributed by atoms with E-state index in [1.54, 1.807) is 6.20 Å². The van der Waals surface area contributed by atoms with Crippen LogP contribution < -0.4 is 15.5 Å². The van der Waals surface area contributed by atoms with Crippen molar-refractivity contribution in [3.8, 4) is 0 Å². The summed E-state index contributed by atoms with van der Waals surface area (Å²) in [6, 6.07) is 3.03. The number of aryl methyl sites for hydroxylation is 1. The second kappa shape index (κ2) is 8.26. The van der Waals surface area contributed by atoms with E-state index in [1.165, 1.54) is 24.2 Å². The first-order valence-corrected chi connectivity index (χ1v) is 11.4. The molecule has 2 N–H and O–H groups in total. The zero-order valence-corrected chi connectivity index (χ0v) is 19.2. The molecule has 0 spiro atoms. The molecule has 9 nitrogen and oxygen atoms in total. The maximum atomic E-state index is 13.3. The van der Waals surface area contributed by atoms with Crippen LogP contribution in [0.3, 0.4) is 0 Å². The number of alkyl halides is 3. The van der Waals surface area contributed by atoms with Gasteiger partial charge in [-0.3, -0.25) is 9.48 Å². The van der Waals surface area contributed by atoms with Crippen molar-refractivity contribution in [3.63, 3.8) is 0 Å². The number of fused-ring (bicyclic) bond motifs is 3. The van der Waals surface area contributed by atoms with Crippen LogP contribution in [0.15, 0.2) is 24.7 Å². The molecule has 5 heterocycles. The second-order valence-corrected chi connectivity index (χ2v) is 9.32. The monoisotopic (exact) mass is 476 g/mol. The number of hydrogen-bond acceptors (Lipinski definition) is 6. The Hall–Kier alpha value is -3.15. The number of piperidine rings is 2. The maximum Gasteiger partial charge on any atom is 0.437 e. The van der Waals surface area contributed by atoms with Gasteiger partial charge in [0, 0.05) is 44.6 Å². The summed E-state index contributed by atoms with van der Waals surface area (Å²) in [6.45, 7) is 2.29. The number of halogens is 3. The minimum atomic E-state index is -4.69. The smallest absolute Gasteiger partial charge is 0.355 e. The third-order valence-corrected chi connectivity index (χ3v) is 7.09. The molecule has 12 heteroatoms. The molecule has 0 aromatic carbocycles. The Labute approximate surface area is 194 Å². The number of likely N-dealkylation sites (N-methyl/N-ethyl adjacent to an activating group) is 1. The van der Waals surface area contributed by atoms with Crippen LogP contribution in [0.1, 0.15) is 48.7 Å². The van der Waals surface area contributed by atoms with Gasteiger partial charge in [0.1, 0.15) is 11.4 Å². The normalized spacial score (nSPS) is 24.9. The van der Waals surface area contributed by atoms with Crippen LogP contribution in [0.2, 0.25) is 0 Å². The molecule has 2 aliphatic heterocycles. The van der Waals surface area contributed by atoms with Gasteiger partial charge in [-0.15, -0.1) is 0 Å². The summed E-state index contributed by atoms with van der Waals surface area (Å²) in [6.07, 6.45) is 3.88. The molecule has 3 aromatic heterocycles. The first-order valence-electron chi connectivity index (χ1n) is 11.4. The van der Waals surface area contributed by atoms with Crippen molar-refractivity contribution < 1.29 is 18.0 Å². The van der Waals surface area contributed by atoms with Gasteiger partial charge < -0.3 is 15.5 Å². The minimum absolute atomic E-state index is 0.0838. The Bertz CT molecular complexity index is 1220. The summed E-state index contributed by atoms with van der Waals surface area (Å²) in [4.78, 5) is 19.7. The lowest BCUT2D eigenvalue weighted by atomic mass is 9.77. The number of carbonyl (C=O) groups excluding carboxylic acids is 1. The van der Waals surface area contributed by atoms with Gasteiger partial charge in [0.2, 0.25) is 0 Å². The van der Waals surface area contributed by atoms with Gasteiger partial charge in [-0.1, -0.05) is 6.92 Å². The van der Waals surface area contributed by atoms with E-state index < -0.39 is 23.5 Å². The lowest BCUT2D eigenvalue weighted by Gasteiger charge is -2.47. The van der Waals surface area contributed by atoms with Gasteiger partial charge in [-0.2, -0.15) is 23.4 Å². The molecule has 3 aromatic rings. The average molecular weight is 477 g/mol. The fourth-order valence-corrected chi connectivity index (χ4v) is 5.22. The van der Waals surface area contributed by atoms with E-state index in [2.05, 4.69) is 37.6 Å². The van der Waals surface area contributed by atoms with Crippen molar-refractivity contribution in [3.05, 3.63) is 35.9 Å². The Morgan fingerprint density at radius 3 is 2.76 bits per heavy atom. The third kappa shape index (κ3) is 3.99. The number of nitrogens with one attached hydrogen (secondary N) is 2. The van der Waals surface area contributed by atoms with Crippen LogP contribution >= 0.6 is 0 Å². The van der Waals surface area contributed by atoms with Crippen molar-refractivity contribution in [2.24, 2.45) is 13.0 Å². The predicted octanol–water partition coefficient (Wildman–Crippen LogP) is 3.09. The summed E-state index contributed by atoms with van der Waals surface area (Å²) < 4.78 is 42.3. The molecule has 5 rings (SSSR count). The van der Waals surface area contributed by atoms with Crippen molar-refractivity contribution in [1.29, 1.82) is 0 Å². The van der Waals surface area contributed by atoms with Crippen molar-refractivity contribution in [2.45, 2.75) is 56.9 Å². The molecule has 4 atom stereocenters. The van der Waals surface area contributed by atoms with Crippen LogP contribution in [0.25, 0.3) is 5.65 Å². The number of hydrogen-bond donors (Lipinski definition) is 2. The fraction of sp³-hybridized carbons (Fsp3) is 0.545. The molecule has 182 valence electrons. The second-order valence-electron chi connectivity index (χ2n) is 9.32. The first kappa shape index (κ1) is 22.6. The minimum Gasteiger partial charge on any atom is -0.355 e. The highest BCUT2D eigenvalue weighted by Crippen LogP contribution is 2.35. The number of rotatable bonds is 4. The van der Waals surface area contributed by atoms with E-state index in [4.69, 9.17) is 0 Å². The van der Waals surface area contributed by atoms with Crippen LogP contribution in [-0.4, -0.2) is 55.5 Å². The molecule has 0 saturated carbocycles. The van der Waals surface area contributed by atoms with Crippen LogP contribution in [0, 0.1) is 5.92 Å². The fourth-order valence-electron chi connectivity index (χ4n) is 5.22. The summed E-state index contributed by atoms with van der Waals surface area (Å²) in [5.41, 5.74) is -1.21. The van der Waals surface area contributed by atoms with E-state index in [9.17, 15) is 18.0 Å². The quantitative estimate of drug-likeness (QED) is 0.601. The number of nitrogens with zero attached hydrogens (tertiary/aromatic N) is 6.